The number of rotatable bonds is 0. The minimum Gasteiger partial charge on any atom is -0.487 e. The monoisotopic (exact) mass is 201 g/mol. The summed E-state index contributed by atoms with van der Waals surface area (Å²) in [5.74, 6) is 0.0805. The van der Waals surface area contributed by atoms with Crippen molar-refractivity contribution in [1.29, 1.82) is 0 Å². The Balaban J connectivity index is 2.43. The molecule has 0 radical (unpaired) electrons. The fourth-order valence-electron chi connectivity index (χ4n) is 1.28. The largest absolute Gasteiger partial charge is 0.487 e. The van der Waals surface area contributed by atoms with Crippen LogP contribution >= 0.6 is 11.6 Å². The minimum absolute atomic E-state index is 0.0630. The van der Waals surface area contributed by atoms with Gasteiger partial charge in [0.05, 0.1) is 17.3 Å². The summed E-state index contributed by atoms with van der Waals surface area (Å²) in [5.41, 5.74) is 0.754. The van der Waals surface area contributed by atoms with E-state index in [2.05, 4.69) is 5.32 Å². The molecule has 0 fully saturated rings. The molecule has 2 rings (SSSR count). The molecule has 0 saturated heterocycles. The molecule has 0 aliphatic carbocycles. The van der Waals surface area contributed by atoms with E-state index in [-0.39, 0.29) is 11.1 Å². The highest BCUT2D eigenvalue weighted by molar-refractivity contribution is 6.31. The number of fused-ring (bicyclic) bond motifs is 1. The molecule has 4 heteroatoms. The molecule has 1 aromatic rings. The van der Waals surface area contributed by atoms with Gasteiger partial charge in [-0.25, -0.2) is 4.39 Å². The molecule has 13 heavy (non-hydrogen) atoms. The fraction of sp³-hybridized carbons (Fsp3) is 0.333. The molecular formula is C9H9ClFNO. The third-order valence-corrected chi connectivity index (χ3v) is 2.22. The minimum atomic E-state index is -0.448. The van der Waals surface area contributed by atoms with Crippen LogP contribution in [0.5, 0.6) is 5.75 Å². The first kappa shape index (κ1) is 8.63. The van der Waals surface area contributed by atoms with Crippen molar-refractivity contribution in [3.05, 3.63) is 23.0 Å². The van der Waals surface area contributed by atoms with E-state index in [1.165, 1.54) is 12.1 Å². The number of benzene rings is 1. The summed E-state index contributed by atoms with van der Waals surface area (Å²) in [6.45, 7) is 2.64. The summed E-state index contributed by atoms with van der Waals surface area (Å²) in [7, 11) is 0. The Labute approximate surface area is 80.7 Å². The third-order valence-electron chi connectivity index (χ3n) is 1.93. The van der Waals surface area contributed by atoms with E-state index >= 15 is 0 Å². The maximum Gasteiger partial charge on any atom is 0.145 e. The average molecular weight is 202 g/mol. The van der Waals surface area contributed by atoms with Crippen LogP contribution in [-0.2, 0) is 0 Å². The average Bonchev–Trinajstić information content (AvgIpc) is 2.08. The Bertz CT molecular complexity index is 343. The fourth-order valence-corrected chi connectivity index (χ4v) is 1.44. The molecule has 1 aromatic carbocycles. The molecule has 0 saturated carbocycles. The van der Waals surface area contributed by atoms with Crippen LogP contribution in [0.3, 0.4) is 0 Å². The van der Waals surface area contributed by atoms with Crippen molar-refractivity contribution in [3.63, 3.8) is 0 Å². The normalized spacial score (nSPS) is 20.1. The van der Waals surface area contributed by atoms with Crippen molar-refractivity contribution in [1.82, 2.24) is 0 Å². The molecule has 0 amide bonds. The lowest BCUT2D eigenvalue weighted by Crippen LogP contribution is -2.27. The van der Waals surface area contributed by atoms with Crippen LogP contribution in [0, 0.1) is 5.82 Å². The van der Waals surface area contributed by atoms with Crippen LogP contribution in [0.4, 0.5) is 10.1 Å². The van der Waals surface area contributed by atoms with Gasteiger partial charge in [0.1, 0.15) is 17.7 Å². The number of anilines is 1. The molecule has 1 aliphatic rings. The standard InChI is InChI=1S/C9H9ClFNO/c1-5-4-12-8-2-6(10)7(11)3-9(8)13-5/h2-3,5,12H,4H2,1H3. The Morgan fingerprint density at radius 3 is 3.15 bits per heavy atom. The van der Waals surface area contributed by atoms with Gasteiger partial charge in [-0.3, -0.25) is 0 Å². The summed E-state index contributed by atoms with van der Waals surface area (Å²) < 4.78 is 18.4. The number of nitrogens with one attached hydrogen (secondary N) is 1. The van der Waals surface area contributed by atoms with Gasteiger partial charge in [0, 0.05) is 6.07 Å². The molecule has 1 atom stereocenters. The second kappa shape index (κ2) is 3.07. The van der Waals surface area contributed by atoms with Crippen molar-refractivity contribution in [3.8, 4) is 5.75 Å². The van der Waals surface area contributed by atoms with Gasteiger partial charge in [-0.1, -0.05) is 11.6 Å². The molecular weight excluding hydrogens is 193 g/mol. The van der Waals surface area contributed by atoms with E-state index in [9.17, 15) is 4.39 Å². The Hall–Kier alpha value is -0.960. The Morgan fingerprint density at radius 2 is 2.38 bits per heavy atom. The highest BCUT2D eigenvalue weighted by Gasteiger charge is 2.17. The number of halogens is 2. The molecule has 1 N–H and O–H groups in total. The first-order valence-corrected chi connectivity index (χ1v) is 4.44. The zero-order valence-electron chi connectivity index (χ0n) is 7.10. The smallest absolute Gasteiger partial charge is 0.145 e. The predicted octanol–water partition coefficient (Wildman–Crippen LogP) is 2.67. The molecule has 70 valence electrons. The van der Waals surface area contributed by atoms with Crippen molar-refractivity contribution >= 4 is 17.3 Å². The molecule has 2 nitrogen and oxygen atoms in total. The lowest BCUT2D eigenvalue weighted by atomic mass is 10.2. The molecule has 1 aliphatic heterocycles. The van der Waals surface area contributed by atoms with Crippen molar-refractivity contribution in [2.24, 2.45) is 0 Å². The van der Waals surface area contributed by atoms with Crippen molar-refractivity contribution in [2.75, 3.05) is 11.9 Å². The summed E-state index contributed by atoms with van der Waals surface area (Å²) in [5, 5.41) is 3.22. The van der Waals surface area contributed by atoms with Crippen molar-refractivity contribution in [2.45, 2.75) is 13.0 Å². The first-order chi connectivity index (χ1) is 6.16. The van der Waals surface area contributed by atoms with Crippen LogP contribution in [0.25, 0.3) is 0 Å². The number of hydrogen-bond acceptors (Lipinski definition) is 2. The second-order valence-corrected chi connectivity index (χ2v) is 3.48. The van der Waals surface area contributed by atoms with Gasteiger partial charge in [-0.05, 0) is 13.0 Å². The van der Waals surface area contributed by atoms with E-state index in [0.29, 0.717) is 5.75 Å². The summed E-state index contributed by atoms with van der Waals surface area (Å²) >= 11 is 5.61. The van der Waals surface area contributed by atoms with Gasteiger partial charge < -0.3 is 10.1 Å². The molecule has 0 aromatic heterocycles. The van der Waals surface area contributed by atoms with E-state index in [4.69, 9.17) is 16.3 Å². The van der Waals surface area contributed by atoms with Crippen LogP contribution in [0.15, 0.2) is 12.1 Å². The Morgan fingerprint density at radius 1 is 1.62 bits per heavy atom. The van der Waals surface area contributed by atoms with Gasteiger partial charge in [-0.15, -0.1) is 0 Å². The quantitative estimate of drug-likeness (QED) is 0.697. The van der Waals surface area contributed by atoms with Crippen LogP contribution in [0.1, 0.15) is 6.92 Å². The zero-order valence-corrected chi connectivity index (χ0v) is 7.86. The maximum absolute atomic E-state index is 13.0. The van der Waals surface area contributed by atoms with Crippen LogP contribution in [-0.4, -0.2) is 12.6 Å². The molecule has 0 bridgehead atoms. The van der Waals surface area contributed by atoms with E-state index < -0.39 is 5.82 Å². The molecule has 1 unspecified atom stereocenters. The van der Waals surface area contributed by atoms with Crippen LogP contribution in [0.2, 0.25) is 5.02 Å². The maximum atomic E-state index is 13.0. The zero-order chi connectivity index (χ0) is 9.42. The van der Waals surface area contributed by atoms with Gasteiger partial charge in [0.2, 0.25) is 0 Å². The van der Waals surface area contributed by atoms with Crippen molar-refractivity contribution < 1.29 is 9.13 Å². The predicted molar refractivity (Wildman–Crippen MR) is 50.0 cm³/mol. The van der Waals surface area contributed by atoms with Gasteiger partial charge >= 0.3 is 0 Å². The number of hydrogen-bond donors (Lipinski definition) is 1. The van der Waals surface area contributed by atoms with Gasteiger partial charge in [0.15, 0.2) is 0 Å². The highest BCUT2D eigenvalue weighted by Crippen LogP contribution is 2.33. The van der Waals surface area contributed by atoms with Crippen LogP contribution < -0.4 is 10.1 Å². The summed E-state index contributed by atoms with van der Waals surface area (Å²) in [4.78, 5) is 0. The first-order valence-electron chi connectivity index (χ1n) is 4.06. The van der Waals surface area contributed by atoms with E-state index in [0.717, 1.165) is 12.2 Å². The van der Waals surface area contributed by atoms with E-state index in [1.54, 1.807) is 0 Å². The topological polar surface area (TPSA) is 21.3 Å². The summed E-state index contributed by atoms with van der Waals surface area (Å²) in [6, 6.07) is 2.85. The third kappa shape index (κ3) is 1.56. The SMILES string of the molecule is CC1CNc2cc(Cl)c(F)cc2O1. The van der Waals surface area contributed by atoms with Gasteiger partial charge in [0.25, 0.3) is 0 Å². The lowest BCUT2D eigenvalue weighted by molar-refractivity contribution is 0.225. The highest BCUT2D eigenvalue weighted by atomic mass is 35.5. The summed E-state index contributed by atoms with van der Waals surface area (Å²) in [6.07, 6.45) is 0.0630. The van der Waals surface area contributed by atoms with Gasteiger partial charge in [-0.2, -0.15) is 0 Å². The number of ether oxygens (including phenoxy) is 1. The Kier molecular flexibility index (Phi) is 2.04. The lowest BCUT2D eigenvalue weighted by Gasteiger charge is -2.24. The second-order valence-electron chi connectivity index (χ2n) is 3.07. The van der Waals surface area contributed by atoms with E-state index in [1.807, 2.05) is 6.92 Å². The molecule has 0 spiro atoms. The molecule has 1 heterocycles.